The van der Waals surface area contributed by atoms with Gasteiger partial charge in [0.2, 0.25) is 5.88 Å². The highest BCUT2D eigenvalue weighted by molar-refractivity contribution is 5.78. The van der Waals surface area contributed by atoms with E-state index in [-0.39, 0.29) is 0 Å². The second kappa shape index (κ2) is 8.90. The fourth-order valence-electron chi connectivity index (χ4n) is 3.65. The first kappa shape index (κ1) is 17.1. The van der Waals surface area contributed by atoms with Crippen molar-refractivity contribution in [1.82, 2.24) is 10.3 Å². The van der Waals surface area contributed by atoms with E-state index in [0.717, 1.165) is 18.4 Å². The molecule has 2 aliphatic carbocycles. The molecule has 0 unspecified atom stereocenters. The Balaban J connectivity index is 1.50. The third-order valence-corrected chi connectivity index (χ3v) is 5.03. The first-order chi connectivity index (χ1) is 11.8. The number of aliphatic imine (C=N–C) groups is 1. The molecule has 132 valence electrons. The number of pyridine rings is 1. The van der Waals surface area contributed by atoms with Gasteiger partial charge in [0, 0.05) is 18.3 Å². The van der Waals surface area contributed by atoms with Gasteiger partial charge in [-0.3, -0.25) is 0 Å². The predicted octanol–water partition coefficient (Wildman–Crippen LogP) is 3.53. The van der Waals surface area contributed by atoms with E-state index in [2.05, 4.69) is 15.3 Å². The molecular weight excluding hydrogens is 300 g/mol. The minimum atomic E-state index is 0.322. The molecule has 0 bridgehead atoms. The average molecular weight is 330 g/mol. The van der Waals surface area contributed by atoms with Gasteiger partial charge in [-0.1, -0.05) is 25.7 Å². The van der Waals surface area contributed by atoms with Gasteiger partial charge in [-0.15, -0.1) is 0 Å². The number of nitrogens with two attached hydrogens (primary N) is 1. The van der Waals surface area contributed by atoms with E-state index in [1.807, 2.05) is 12.1 Å². The molecule has 24 heavy (non-hydrogen) atoms. The third kappa shape index (κ3) is 5.39. The summed E-state index contributed by atoms with van der Waals surface area (Å²) < 4.78 is 6.02. The van der Waals surface area contributed by atoms with E-state index in [1.165, 1.54) is 51.4 Å². The molecule has 0 aliphatic heterocycles. The summed E-state index contributed by atoms with van der Waals surface area (Å²) in [7, 11) is 0. The quantitative estimate of drug-likeness (QED) is 0.640. The molecule has 0 radical (unpaired) electrons. The minimum absolute atomic E-state index is 0.322. The summed E-state index contributed by atoms with van der Waals surface area (Å²) in [5.74, 6) is 1.27. The van der Waals surface area contributed by atoms with Gasteiger partial charge in [-0.2, -0.15) is 0 Å². The minimum Gasteiger partial charge on any atom is -0.474 e. The van der Waals surface area contributed by atoms with Crippen LogP contribution in [0.1, 0.15) is 69.8 Å². The van der Waals surface area contributed by atoms with E-state index in [0.29, 0.717) is 30.5 Å². The Morgan fingerprint density at radius 2 is 1.83 bits per heavy atom. The van der Waals surface area contributed by atoms with Gasteiger partial charge in [0.15, 0.2) is 5.96 Å². The summed E-state index contributed by atoms with van der Waals surface area (Å²) in [5, 5.41) is 3.35. The molecule has 5 heteroatoms. The van der Waals surface area contributed by atoms with Crippen LogP contribution in [0.3, 0.4) is 0 Å². The summed E-state index contributed by atoms with van der Waals surface area (Å²) in [6.45, 7) is 0.565. The van der Waals surface area contributed by atoms with Crippen LogP contribution < -0.4 is 15.8 Å². The molecule has 2 saturated carbocycles. The molecule has 0 atom stereocenters. The number of hydrogen-bond donors (Lipinski definition) is 2. The average Bonchev–Trinajstić information content (AvgIpc) is 2.62. The molecule has 0 amide bonds. The summed E-state index contributed by atoms with van der Waals surface area (Å²) in [5.41, 5.74) is 7.12. The molecule has 0 aromatic carbocycles. The van der Waals surface area contributed by atoms with Crippen molar-refractivity contribution in [3.63, 3.8) is 0 Å². The monoisotopic (exact) mass is 330 g/mol. The van der Waals surface area contributed by atoms with Crippen LogP contribution in [0.2, 0.25) is 0 Å². The van der Waals surface area contributed by atoms with Crippen molar-refractivity contribution >= 4 is 5.96 Å². The van der Waals surface area contributed by atoms with Crippen LogP contribution >= 0.6 is 0 Å². The Hall–Kier alpha value is -1.78. The first-order valence-corrected chi connectivity index (χ1v) is 9.47. The summed E-state index contributed by atoms with van der Waals surface area (Å²) in [6.07, 6.45) is 14.6. The lowest BCUT2D eigenvalue weighted by Crippen LogP contribution is -2.41. The number of hydrogen-bond acceptors (Lipinski definition) is 3. The molecule has 1 aromatic heterocycles. The molecule has 2 fully saturated rings. The van der Waals surface area contributed by atoms with Gasteiger partial charge in [-0.05, 0) is 50.2 Å². The molecule has 3 N–H and O–H groups in total. The second-order valence-electron chi connectivity index (χ2n) is 7.06. The van der Waals surface area contributed by atoms with Crippen LogP contribution in [-0.2, 0) is 6.54 Å². The standard InChI is InChI=1S/C19H30N4O/c20-19(23-16-7-3-1-4-8-16)22-14-15-11-12-21-18(13-15)24-17-9-5-2-6-10-17/h11-13,16-17H,1-10,14H2,(H3,20,22,23). The summed E-state index contributed by atoms with van der Waals surface area (Å²) in [4.78, 5) is 8.81. The zero-order valence-corrected chi connectivity index (χ0v) is 14.5. The molecule has 0 spiro atoms. The molecular formula is C19H30N4O. The first-order valence-electron chi connectivity index (χ1n) is 9.47. The van der Waals surface area contributed by atoms with E-state index in [4.69, 9.17) is 10.5 Å². The number of guanidine groups is 1. The van der Waals surface area contributed by atoms with E-state index in [9.17, 15) is 0 Å². The van der Waals surface area contributed by atoms with Crippen molar-refractivity contribution in [2.75, 3.05) is 0 Å². The Kier molecular flexibility index (Phi) is 6.33. The fourth-order valence-corrected chi connectivity index (χ4v) is 3.65. The Bertz CT molecular complexity index is 534. The van der Waals surface area contributed by atoms with Gasteiger partial charge in [-0.25, -0.2) is 9.98 Å². The third-order valence-electron chi connectivity index (χ3n) is 5.03. The molecule has 3 rings (SSSR count). The maximum atomic E-state index is 6.03. The van der Waals surface area contributed by atoms with Crippen molar-refractivity contribution in [3.8, 4) is 5.88 Å². The number of aromatic nitrogens is 1. The summed E-state index contributed by atoms with van der Waals surface area (Å²) >= 11 is 0. The topological polar surface area (TPSA) is 72.5 Å². The SMILES string of the molecule is NC(=NCc1ccnc(OC2CCCCC2)c1)NC1CCCCC1. The second-order valence-corrected chi connectivity index (χ2v) is 7.06. The Morgan fingerprint density at radius 1 is 1.12 bits per heavy atom. The van der Waals surface area contributed by atoms with Crippen LogP contribution in [-0.4, -0.2) is 23.1 Å². The summed E-state index contributed by atoms with van der Waals surface area (Å²) in [6, 6.07) is 4.46. The van der Waals surface area contributed by atoms with Crippen molar-refractivity contribution in [2.45, 2.75) is 82.9 Å². The largest absolute Gasteiger partial charge is 0.474 e. The van der Waals surface area contributed by atoms with Gasteiger partial charge in [0.25, 0.3) is 0 Å². The van der Waals surface area contributed by atoms with E-state index in [1.54, 1.807) is 6.20 Å². The van der Waals surface area contributed by atoms with Crippen LogP contribution in [0.15, 0.2) is 23.3 Å². The van der Waals surface area contributed by atoms with E-state index >= 15 is 0 Å². The lowest BCUT2D eigenvalue weighted by Gasteiger charge is -2.23. The maximum absolute atomic E-state index is 6.03. The zero-order valence-electron chi connectivity index (χ0n) is 14.5. The zero-order chi connectivity index (χ0) is 16.6. The van der Waals surface area contributed by atoms with E-state index < -0.39 is 0 Å². The maximum Gasteiger partial charge on any atom is 0.213 e. The van der Waals surface area contributed by atoms with Crippen LogP contribution in [0.5, 0.6) is 5.88 Å². The number of nitrogens with one attached hydrogen (secondary N) is 1. The molecule has 0 saturated heterocycles. The van der Waals surface area contributed by atoms with Crippen molar-refractivity contribution < 1.29 is 4.74 Å². The van der Waals surface area contributed by atoms with Crippen LogP contribution in [0.4, 0.5) is 0 Å². The highest BCUT2D eigenvalue weighted by Gasteiger charge is 2.15. The van der Waals surface area contributed by atoms with Gasteiger partial charge < -0.3 is 15.8 Å². The highest BCUT2D eigenvalue weighted by atomic mass is 16.5. The van der Waals surface area contributed by atoms with Gasteiger partial charge in [0.1, 0.15) is 6.10 Å². The predicted molar refractivity (Wildman–Crippen MR) is 97.1 cm³/mol. The van der Waals surface area contributed by atoms with Crippen molar-refractivity contribution in [1.29, 1.82) is 0 Å². The molecule has 1 heterocycles. The van der Waals surface area contributed by atoms with Crippen molar-refractivity contribution in [3.05, 3.63) is 23.9 Å². The molecule has 1 aromatic rings. The fraction of sp³-hybridized carbons (Fsp3) is 0.684. The normalized spacial score (nSPS) is 20.8. The van der Waals surface area contributed by atoms with Crippen LogP contribution in [0, 0.1) is 0 Å². The Morgan fingerprint density at radius 3 is 2.58 bits per heavy atom. The van der Waals surface area contributed by atoms with Crippen molar-refractivity contribution in [2.24, 2.45) is 10.7 Å². The highest BCUT2D eigenvalue weighted by Crippen LogP contribution is 2.22. The lowest BCUT2D eigenvalue weighted by atomic mass is 9.96. The molecule has 5 nitrogen and oxygen atoms in total. The van der Waals surface area contributed by atoms with Gasteiger partial charge >= 0.3 is 0 Å². The van der Waals surface area contributed by atoms with Crippen LogP contribution in [0.25, 0.3) is 0 Å². The number of nitrogens with zero attached hydrogens (tertiary/aromatic N) is 2. The number of ether oxygens (including phenoxy) is 1. The number of rotatable bonds is 5. The Labute approximate surface area is 145 Å². The smallest absolute Gasteiger partial charge is 0.213 e. The lowest BCUT2D eigenvalue weighted by molar-refractivity contribution is 0.148. The molecule has 2 aliphatic rings. The van der Waals surface area contributed by atoms with Gasteiger partial charge in [0.05, 0.1) is 6.54 Å².